The summed E-state index contributed by atoms with van der Waals surface area (Å²) in [5, 5.41) is 1.16. The molecule has 0 spiro atoms. The second-order valence-corrected chi connectivity index (χ2v) is 5.05. The Bertz CT molecular complexity index is 874. The number of H-pyrrole nitrogens is 1. The standard InChI is InChI=1S/C19H14N2/c1-2-5-14(6-3-1)15-8-10-16(11-9-15)18-13-21-19-17(18)7-4-12-20-19/h1-13H,(H,20,21). The van der Waals surface area contributed by atoms with E-state index in [0.717, 1.165) is 11.0 Å². The third-order valence-electron chi connectivity index (χ3n) is 3.75. The molecule has 0 aliphatic heterocycles. The maximum Gasteiger partial charge on any atom is 0.137 e. The summed E-state index contributed by atoms with van der Waals surface area (Å²) in [6, 6.07) is 23.2. The van der Waals surface area contributed by atoms with Crippen molar-refractivity contribution >= 4 is 11.0 Å². The number of fused-ring (bicyclic) bond motifs is 1. The number of hydrogen-bond donors (Lipinski definition) is 1. The lowest BCUT2D eigenvalue weighted by atomic mass is 10.0. The summed E-state index contributed by atoms with van der Waals surface area (Å²) in [6.45, 7) is 0. The van der Waals surface area contributed by atoms with Gasteiger partial charge >= 0.3 is 0 Å². The van der Waals surface area contributed by atoms with Crippen LogP contribution in [0.3, 0.4) is 0 Å². The van der Waals surface area contributed by atoms with Crippen LogP contribution in [-0.4, -0.2) is 9.97 Å². The fourth-order valence-corrected chi connectivity index (χ4v) is 2.67. The predicted octanol–water partition coefficient (Wildman–Crippen LogP) is 4.90. The molecule has 0 aliphatic carbocycles. The minimum Gasteiger partial charge on any atom is -0.346 e. The first kappa shape index (κ1) is 11.9. The molecule has 0 aliphatic rings. The molecule has 0 unspecified atom stereocenters. The average Bonchev–Trinajstić information content (AvgIpc) is 3.00. The first-order valence-electron chi connectivity index (χ1n) is 7.00. The summed E-state index contributed by atoms with van der Waals surface area (Å²) in [7, 11) is 0. The molecular formula is C19H14N2. The van der Waals surface area contributed by atoms with E-state index in [1.807, 2.05) is 18.3 Å². The second kappa shape index (κ2) is 4.91. The second-order valence-electron chi connectivity index (χ2n) is 5.05. The van der Waals surface area contributed by atoms with Gasteiger partial charge in [0.25, 0.3) is 0 Å². The zero-order valence-corrected chi connectivity index (χ0v) is 11.5. The largest absolute Gasteiger partial charge is 0.346 e. The Morgan fingerprint density at radius 1 is 0.667 bits per heavy atom. The van der Waals surface area contributed by atoms with Gasteiger partial charge in [0.15, 0.2) is 0 Å². The highest BCUT2D eigenvalue weighted by Crippen LogP contribution is 2.29. The van der Waals surface area contributed by atoms with Crippen molar-refractivity contribution in [1.82, 2.24) is 9.97 Å². The molecule has 2 nitrogen and oxygen atoms in total. The van der Waals surface area contributed by atoms with Crippen molar-refractivity contribution in [3.8, 4) is 22.3 Å². The van der Waals surface area contributed by atoms with Gasteiger partial charge in [-0.25, -0.2) is 4.98 Å². The van der Waals surface area contributed by atoms with Crippen LogP contribution in [0.5, 0.6) is 0 Å². The Morgan fingerprint density at radius 2 is 1.38 bits per heavy atom. The summed E-state index contributed by atoms with van der Waals surface area (Å²) in [5.74, 6) is 0. The SMILES string of the molecule is c1ccc(-c2ccc(-c3c[nH]c4ncccc34)cc2)cc1. The van der Waals surface area contributed by atoms with E-state index in [9.17, 15) is 0 Å². The molecule has 2 heteroatoms. The van der Waals surface area contributed by atoms with Crippen LogP contribution in [0.15, 0.2) is 79.1 Å². The molecule has 4 rings (SSSR count). The van der Waals surface area contributed by atoms with Gasteiger partial charge in [-0.05, 0) is 28.8 Å². The Morgan fingerprint density at radius 3 is 2.19 bits per heavy atom. The molecule has 2 aromatic carbocycles. The number of benzene rings is 2. The molecule has 2 aromatic heterocycles. The monoisotopic (exact) mass is 270 g/mol. The molecule has 1 N–H and O–H groups in total. The van der Waals surface area contributed by atoms with Gasteiger partial charge in [-0.2, -0.15) is 0 Å². The van der Waals surface area contributed by atoms with Gasteiger partial charge in [-0.15, -0.1) is 0 Å². The van der Waals surface area contributed by atoms with E-state index in [1.54, 1.807) is 6.20 Å². The van der Waals surface area contributed by atoms with Gasteiger partial charge in [0.1, 0.15) is 5.65 Å². The van der Waals surface area contributed by atoms with Crippen molar-refractivity contribution in [3.05, 3.63) is 79.1 Å². The molecular weight excluding hydrogens is 256 g/mol. The van der Waals surface area contributed by atoms with Gasteiger partial charge in [-0.3, -0.25) is 0 Å². The molecule has 2 heterocycles. The Hall–Kier alpha value is -2.87. The third-order valence-corrected chi connectivity index (χ3v) is 3.75. The summed E-state index contributed by atoms with van der Waals surface area (Å²) in [6.07, 6.45) is 3.83. The molecule has 0 radical (unpaired) electrons. The highest BCUT2D eigenvalue weighted by molar-refractivity contribution is 5.93. The summed E-state index contributed by atoms with van der Waals surface area (Å²) >= 11 is 0. The summed E-state index contributed by atoms with van der Waals surface area (Å²) < 4.78 is 0. The topological polar surface area (TPSA) is 28.7 Å². The predicted molar refractivity (Wildman–Crippen MR) is 87.0 cm³/mol. The molecule has 0 bridgehead atoms. The van der Waals surface area contributed by atoms with Crippen LogP contribution >= 0.6 is 0 Å². The molecule has 0 amide bonds. The van der Waals surface area contributed by atoms with Gasteiger partial charge in [0.2, 0.25) is 0 Å². The molecule has 0 atom stereocenters. The van der Waals surface area contributed by atoms with E-state index < -0.39 is 0 Å². The zero-order chi connectivity index (χ0) is 14.1. The van der Waals surface area contributed by atoms with Crippen LogP contribution in [0.4, 0.5) is 0 Å². The maximum absolute atomic E-state index is 4.34. The molecule has 100 valence electrons. The van der Waals surface area contributed by atoms with Gasteiger partial charge in [-0.1, -0.05) is 54.6 Å². The van der Waals surface area contributed by atoms with Crippen LogP contribution in [0, 0.1) is 0 Å². The van der Waals surface area contributed by atoms with Crippen molar-refractivity contribution in [3.63, 3.8) is 0 Å². The van der Waals surface area contributed by atoms with Crippen molar-refractivity contribution in [2.24, 2.45) is 0 Å². The number of nitrogens with one attached hydrogen (secondary N) is 1. The lowest BCUT2D eigenvalue weighted by Gasteiger charge is -2.04. The fraction of sp³-hybridized carbons (Fsp3) is 0. The fourth-order valence-electron chi connectivity index (χ4n) is 2.67. The first-order valence-corrected chi connectivity index (χ1v) is 7.00. The van der Waals surface area contributed by atoms with E-state index in [1.165, 1.54) is 22.3 Å². The quantitative estimate of drug-likeness (QED) is 0.551. The van der Waals surface area contributed by atoms with E-state index >= 15 is 0 Å². The number of aromatic amines is 1. The minimum atomic E-state index is 0.930. The normalized spacial score (nSPS) is 10.9. The lowest BCUT2D eigenvalue weighted by molar-refractivity contribution is 1.33. The van der Waals surface area contributed by atoms with E-state index in [-0.39, 0.29) is 0 Å². The van der Waals surface area contributed by atoms with Gasteiger partial charge < -0.3 is 4.98 Å². The van der Waals surface area contributed by atoms with Crippen molar-refractivity contribution in [1.29, 1.82) is 0 Å². The Balaban J connectivity index is 1.77. The highest BCUT2D eigenvalue weighted by Gasteiger charge is 2.06. The lowest BCUT2D eigenvalue weighted by Crippen LogP contribution is -1.79. The molecule has 0 saturated heterocycles. The average molecular weight is 270 g/mol. The molecule has 0 saturated carbocycles. The molecule has 21 heavy (non-hydrogen) atoms. The van der Waals surface area contributed by atoms with Crippen LogP contribution in [0.25, 0.3) is 33.3 Å². The van der Waals surface area contributed by atoms with Crippen LogP contribution in [0.2, 0.25) is 0 Å². The summed E-state index contributed by atoms with van der Waals surface area (Å²) in [4.78, 5) is 7.56. The van der Waals surface area contributed by atoms with Crippen molar-refractivity contribution < 1.29 is 0 Å². The first-order chi connectivity index (χ1) is 10.4. The number of rotatable bonds is 2. The van der Waals surface area contributed by atoms with E-state index in [0.29, 0.717) is 0 Å². The van der Waals surface area contributed by atoms with Crippen molar-refractivity contribution in [2.75, 3.05) is 0 Å². The number of hydrogen-bond acceptors (Lipinski definition) is 1. The summed E-state index contributed by atoms with van der Waals surface area (Å²) in [5.41, 5.74) is 5.80. The molecule has 0 fully saturated rings. The van der Waals surface area contributed by atoms with Crippen molar-refractivity contribution in [2.45, 2.75) is 0 Å². The van der Waals surface area contributed by atoms with E-state index in [2.05, 4.69) is 64.6 Å². The van der Waals surface area contributed by atoms with Gasteiger partial charge in [0, 0.05) is 23.3 Å². The number of aromatic nitrogens is 2. The molecule has 4 aromatic rings. The van der Waals surface area contributed by atoms with Crippen LogP contribution < -0.4 is 0 Å². The maximum atomic E-state index is 4.34. The minimum absolute atomic E-state index is 0.930. The zero-order valence-electron chi connectivity index (χ0n) is 11.5. The van der Waals surface area contributed by atoms with Crippen LogP contribution in [-0.2, 0) is 0 Å². The van der Waals surface area contributed by atoms with Gasteiger partial charge in [0.05, 0.1) is 0 Å². The number of nitrogens with zero attached hydrogens (tertiary/aromatic N) is 1. The van der Waals surface area contributed by atoms with Crippen LogP contribution in [0.1, 0.15) is 0 Å². The number of pyridine rings is 1. The smallest absolute Gasteiger partial charge is 0.137 e. The highest BCUT2D eigenvalue weighted by atomic mass is 14.8. The Labute approximate surface area is 123 Å². The third kappa shape index (κ3) is 2.11. The van der Waals surface area contributed by atoms with E-state index in [4.69, 9.17) is 0 Å². The Kier molecular flexibility index (Phi) is 2.79.